The molecule has 5 nitrogen and oxygen atoms in total. The van der Waals surface area contributed by atoms with E-state index in [4.69, 9.17) is 13.8 Å². The molecule has 0 aromatic heterocycles. The molecule has 0 unspecified atom stereocenters. The Labute approximate surface area is 122 Å². The molecule has 0 bridgehead atoms. The van der Waals surface area contributed by atoms with Gasteiger partial charge < -0.3 is 13.8 Å². The van der Waals surface area contributed by atoms with Crippen LogP contribution in [0.5, 0.6) is 0 Å². The first-order valence-corrected chi connectivity index (χ1v) is 8.79. The van der Waals surface area contributed by atoms with Crippen molar-refractivity contribution in [2.75, 3.05) is 19.8 Å². The number of hydrogen-bond donors (Lipinski definition) is 0. The Morgan fingerprint density at radius 2 is 1.55 bits per heavy atom. The minimum atomic E-state index is -3.39. The van der Waals surface area contributed by atoms with Crippen LogP contribution in [0.3, 0.4) is 0 Å². The molecular formula is C14H27O5P. The zero-order valence-electron chi connectivity index (χ0n) is 13.0. The van der Waals surface area contributed by atoms with Crippen LogP contribution in [0.15, 0.2) is 11.4 Å². The van der Waals surface area contributed by atoms with Crippen LogP contribution in [0.2, 0.25) is 0 Å². The van der Waals surface area contributed by atoms with Crippen LogP contribution in [0, 0.1) is 0 Å². The number of carbonyl (C=O) groups excluding carboxylic acids is 1. The molecule has 0 N–H and O–H groups in total. The molecule has 0 radical (unpaired) electrons. The molecule has 0 aromatic rings. The first-order valence-electron chi connectivity index (χ1n) is 7.24. The Balaban J connectivity index is 4.79. The van der Waals surface area contributed by atoms with Crippen molar-refractivity contribution in [1.29, 1.82) is 0 Å². The predicted molar refractivity (Wildman–Crippen MR) is 79.7 cm³/mol. The predicted octanol–water partition coefficient (Wildman–Crippen LogP) is 4.28. The lowest BCUT2D eigenvalue weighted by atomic mass is 10.4. The van der Waals surface area contributed by atoms with Gasteiger partial charge in [0, 0.05) is 11.4 Å². The second-order valence-corrected chi connectivity index (χ2v) is 6.63. The molecule has 0 saturated heterocycles. The van der Waals surface area contributed by atoms with E-state index in [-0.39, 0.29) is 6.61 Å². The molecular weight excluding hydrogens is 279 g/mol. The third-order valence-corrected chi connectivity index (χ3v) is 4.60. The maximum Gasteiger partial charge on any atom is 0.357 e. The van der Waals surface area contributed by atoms with Crippen LogP contribution in [0.4, 0.5) is 0 Å². The Morgan fingerprint density at radius 3 is 1.95 bits per heavy atom. The van der Waals surface area contributed by atoms with Gasteiger partial charge in [0.15, 0.2) is 0 Å². The quantitative estimate of drug-likeness (QED) is 0.247. The fraction of sp³-hybridized carbons (Fsp3) is 0.786. The fourth-order valence-electron chi connectivity index (χ4n) is 1.33. The van der Waals surface area contributed by atoms with E-state index in [2.05, 4.69) is 0 Å². The van der Waals surface area contributed by atoms with Gasteiger partial charge in [0.05, 0.1) is 19.8 Å². The summed E-state index contributed by atoms with van der Waals surface area (Å²) in [5, 5.41) is 0.295. The van der Waals surface area contributed by atoms with Crippen LogP contribution < -0.4 is 0 Å². The Kier molecular flexibility index (Phi) is 10.7. The van der Waals surface area contributed by atoms with Gasteiger partial charge >= 0.3 is 13.6 Å². The molecule has 6 heteroatoms. The minimum Gasteiger partial charge on any atom is -0.463 e. The molecule has 0 heterocycles. The number of carbonyl (C=O) groups is 1. The molecule has 0 amide bonds. The molecule has 0 saturated carbocycles. The second kappa shape index (κ2) is 11.1. The van der Waals surface area contributed by atoms with Gasteiger partial charge in [-0.3, -0.25) is 4.57 Å². The van der Waals surface area contributed by atoms with Crippen molar-refractivity contribution in [3.8, 4) is 0 Å². The van der Waals surface area contributed by atoms with E-state index in [1.807, 2.05) is 13.8 Å². The normalized spacial score (nSPS) is 12.5. The number of ether oxygens (including phenoxy) is 1. The van der Waals surface area contributed by atoms with Crippen molar-refractivity contribution in [3.63, 3.8) is 0 Å². The summed E-state index contributed by atoms with van der Waals surface area (Å²) in [6, 6.07) is 0. The van der Waals surface area contributed by atoms with Gasteiger partial charge in [0.25, 0.3) is 0 Å². The largest absolute Gasteiger partial charge is 0.463 e. The summed E-state index contributed by atoms with van der Waals surface area (Å²) in [5.41, 5.74) is 0. The number of hydrogen-bond acceptors (Lipinski definition) is 5. The smallest absolute Gasteiger partial charge is 0.357 e. The van der Waals surface area contributed by atoms with Gasteiger partial charge in [0.1, 0.15) is 0 Å². The minimum absolute atomic E-state index is 0.278. The van der Waals surface area contributed by atoms with Crippen molar-refractivity contribution in [2.45, 2.75) is 53.4 Å². The lowest BCUT2D eigenvalue weighted by Crippen LogP contribution is -2.04. The molecule has 0 aliphatic heterocycles. The van der Waals surface area contributed by atoms with E-state index in [9.17, 15) is 9.36 Å². The Bertz CT molecular complexity index is 337. The standard InChI is InChI=1S/C14H27O5P/c1-5-8-10-18-20(16,19-11-9-6-2)13(4)12-14(15)17-7-3/h12H,5-11H2,1-4H3/b13-12+. The maximum atomic E-state index is 12.7. The number of esters is 1. The second-order valence-electron chi connectivity index (χ2n) is 4.41. The highest BCUT2D eigenvalue weighted by Gasteiger charge is 2.28. The van der Waals surface area contributed by atoms with Crippen molar-refractivity contribution in [2.24, 2.45) is 0 Å². The topological polar surface area (TPSA) is 61.8 Å². The van der Waals surface area contributed by atoms with Crippen LogP contribution in [0.25, 0.3) is 0 Å². The first-order chi connectivity index (χ1) is 9.50. The molecule has 118 valence electrons. The summed E-state index contributed by atoms with van der Waals surface area (Å²) >= 11 is 0. The van der Waals surface area contributed by atoms with E-state index in [0.717, 1.165) is 25.7 Å². The van der Waals surface area contributed by atoms with Crippen LogP contribution in [0.1, 0.15) is 53.4 Å². The summed E-state index contributed by atoms with van der Waals surface area (Å²) in [4.78, 5) is 11.4. The van der Waals surface area contributed by atoms with Gasteiger partial charge in [-0.2, -0.15) is 0 Å². The summed E-state index contributed by atoms with van der Waals surface area (Å²) in [6.45, 7) is 8.33. The summed E-state index contributed by atoms with van der Waals surface area (Å²) < 4.78 is 28.3. The lowest BCUT2D eigenvalue weighted by molar-refractivity contribution is -0.137. The maximum absolute atomic E-state index is 12.7. The van der Waals surface area contributed by atoms with Gasteiger partial charge in [-0.25, -0.2) is 4.79 Å². The van der Waals surface area contributed by atoms with Crippen molar-refractivity contribution in [1.82, 2.24) is 0 Å². The fourth-order valence-corrected chi connectivity index (χ4v) is 2.82. The highest BCUT2D eigenvalue weighted by molar-refractivity contribution is 7.58. The summed E-state index contributed by atoms with van der Waals surface area (Å²) in [6.07, 6.45) is 4.68. The molecule has 0 atom stereocenters. The molecule has 0 spiro atoms. The average molecular weight is 306 g/mol. The highest BCUT2D eigenvalue weighted by Crippen LogP contribution is 2.56. The van der Waals surface area contributed by atoms with Crippen molar-refractivity contribution >= 4 is 13.6 Å². The van der Waals surface area contributed by atoms with Crippen LogP contribution >= 0.6 is 7.60 Å². The van der Waals surface area contributed by atoms with Crippen LogP contribution in [-0.4, -0.2) is 25.8 Å². The zero-order chi connectivity index (χ0) is 15.4. The highest BCUT2D eigenvalue weighted by atomic mass is 31.2. The van der Waals surface area contributed by atoms with Crippen molar-refractivity contribution < 1.29 is 23.1 Å². The third kappa shape index (κ3) is 7.83. The molecule has 0 aliphatic carbocycles. The van der Waals surface area contributed by atoms with Crippen LogP contribution in [-0.2, 0) is 23.1 Å². The number of unbranched alkanes of at least 4 members (excludes halogenated alkanes) is 2. The van der Waals surface area contributed by atoms with E-state index in [1.54, 1.807) is 13.8 Å². The molecule has 0 aliphatic rings. The number of rotatable bonds is 11. The van der Waals surface area contributed by atoms with Gasteiger partial charge in [0.2, 0.25) is 0 Å². The Hall–Kier alpha value is -0.640. The van der Waals surface area contributed by atoms with Gasteiger partial charge in [-0.05, 0) is 26.7 Å². The molecule has 20 heavy (non-hydrogen) atoms. The van der Waals surface area contributed by atoms with Gasteiger partial charge in [-0.1, -0.05) is 26.7 Å². The van der Waals surface area contributed by atoms with E-state index < -0.39 is 13.6 Å². The SMILES string of the molecule is CCCCOP(=O)(OCCCC)/C(C)=C/C(=O)OCC. The zero-order valence-corrected chi connectivity index (χ0v) is 13.9. The third-order valence-electron chi connectivity index (χ3n) is 2.56. The van der Waals surface area contributed by atoms with E-state index >= 15 is 0 Å². The number of allylic oxidation sites excluding steroid dienone is 1. The summed E-state index contributed by atoms with van der Waals surface area (Å²) in [5.74, 6) is -0.525. The lowest BCUT2D eigenvalue weighted by Gasteiger charge is -2.19. The van der Waals surface area contributed by atoms with E-state index in [0.29, 0.717) is 18.5 Å². The molecule has 0 rings (SSSR count). The monoisotopic (exact) mass is 306 g/mol. The Morgan fingerprint density at radius 1 is 1.05 bits per heavy atom. The first kappa shape index (κ1) is 19.4. The molecule has 0 aromatic carbocycles. The van der Waals surface area contributed by atoms with Crippen molar-refractivity contribution in [3.05, 3.63) is 11.4 Å². The summed E-state index contributed by atoms with van der Waals surface area (Å²) in [7, 11) is -3.39. The average Bonchev–Trinajstić information content (AvgIpc) is 2.39. The molecule has 0 fully saturated rings. The van der Waals surface area contributed by atoms with E-state index in [1.165, 1.54) is 6.08 Å². The van der Waals surface area contributed by atoms with Gasteiger partial charge in [-0.15, -0.1) is 0 Å².